The van der Waals surface area contributed by atoms with Gasteiger partial charge in [-0.1, -0.05) is 29.8 Å². The van der Waals surface area contributed by atoms with Crippen molar-refractivity contribution in [2.24, 2.45) is 0 Å². The average Bonchev–Trinajstić information content (AvgIpc) is 3.36. The van der Waals surface area contributed by atoms with Crippen LogP contribution in [-0.2, 0) is 6.54 Å². The van der Waals surface area contributed by atoms with Gasteiger partial charge in [0.2, 0.25) is 0 Å². The molecule has 4 rings (SSSR count). The van der Waals surface area contributed by atoms with Crippen LogP contribution in [0, 0.1) is 0 Å². The van der Waals surface area contributed by atoms with E-state index in [1.807, 2.05) is 36.4 Å². The molecule has 2 heterocycles. The lowest BCUT2D eigenvalue weighted by Gasteiger charge is -2.05. The van der Waals surface area contributed by atoms with Gasteiger partial charge in [-0.2, -0.15) is 5.10 Å². The third kappa shape index (κ3) is 3.85. The van der Waals surface area contributed by atoms with E-state index >= 15 is 0 Å². The molecule has 2 aromatic heterocycles. The highest BCUT2D eigenvalue weighted by atomic mass is 35.5. The molecule has 0 spiro atoms. The maximum Gasteiger partial charge on any atom is 0.258 e. The first-order valence-electron chi connectivity index (χ1n) is 8.10. The number of nitrogens with one attached hydrogen (secondary N) is 1. The van der Waals surface area contributed by atoms with Crippen molar-refractivity contribution < 1.29 is 4.79 Å². The zero-order valence-electron chi connectivity index (χ0n) is 14.0. The molecule has 2 aromatic carbocycles. The van der Waals surface area contributed by atoms with Crippen LogP contribution in [0.1, 0.15) is 15.9 Å². The molecule has 134 valence electrons. The maximum absolute atomic E-state index is 12.4. The Morgan fingerprint density at radius 2 is 1.93 bits per heavy atom. The van der Waals surface area contributed by atoms with Crippen molar-refractivity contribution in [1.29, 1.82) is 0 Å². The fourth-order valence-electron chi connectivity index (χ4n) is 2.55. The van der Waals surface area contributed by atoms with Gasteiger partial charge >= 0.3 is 0 Å². The van der Waals surface area contributed by atoms with E-state index in [0.29, 0.717) is 22.8 Å². The minimum Gasteiger partial charge on any atom is -0.322 e. The molecule has 0 aliphatic heterocycles. The molecule has 0 saturated heterocycles. The van der Waals surface area contributed by atoms with Crippen LogP contribution in [0.4, 0.5) is 5.69 Å². The fourth-order valence-corrected chi connectivity index (χ4v) is 2.74. The van der Waals surface area contributed by atoms with Crippen LogP contribution in [0.15, 0.2) is 67.3 Å². The SMILES string of the molecule is O=C(Nc1ccc(-n2cnnn2)cc1)c1cnn(Cc2ccccc2Cl)c1. The van der Waals surface area contributed by atoms with Gasteiger partial charge < -0.3 is 5.32 Å². The summed E-state index contributed by atoms with van der Waals surface area (Å²) in [5, 5.41) is 18.7. The number of nitrogens with zero attached hydrogens (tertiary/aromatic N) is 6. The summed E-state index contributed by atoms with van der Waals surface area (Å²) in [6.07, 6.45) is 4.72. The van der Waals surface area contributed by atoms with Gasteiger partial charge in [0.25, 0.3) is 5.91 Å². The minimum atomic E-state index is -0.240. The fraction of sp³-hybridized carbons (Fsp3) is 0.0556. The van der Waals surface area contributed by atoms with Crippen LogP contribution in [0.2, 0.25) is 5.02 Å². The van der Waals surface area contributed by atoms with E-state index in [9.17, 15) is 4.79 Å². The highest BCUT2D eigenvalue weighted by molar-refractivity contribution is 6.31. The summed E-state index contributed by atoms with van der Waals surface area (Å²) in [5.74, 6) is -0.240. The number of carbonyl (C=O) groups is 1. The lowest BCUT2D eigenvalue weighted by atomic mass is 10.2. The van der Waals surface area contributed by atoms with E-state index in [4.69, 9.17) is 11.6 Å². The number of anilines is 1. The number of rotatable bonds is 5. The summed E-state index contributed by atoms with van der Waals surface area (Å²) in [4.78, 5) is 12.4. The Morgan fingerprint density at radius 3 is 2.67 bits per heavy atom. The molecular formula is C18H14ClN7O. The summed E-state index contributed by atoms with van der Waals surface area (Å²) in [5.41, 5.74) is 2.86. The lowest BCUT2D eigenvalue weighted by Crippen LogP contribution is -2.11. The highest BCUT2D eigenvalue weighted by Crippen LogP contribution is 2.17. The number of hydrogen-bond acceptors (Lipinski definition) is 5. The second kappa shape index (κ2) is 7.38. The van der Waals surface area contributed by atoms with E-state index in [2.05, 4.69) is 25.9 Å². The van der Waals surface area contributed by atoms with Crippen molar-refractivity contribution in [3.8, 4) is 5.69 Å². The molecule has 0 aliphatic carbocycles. The second-order valence-electron chi connectivity index (χ2n) is 5.77. The van der Waals surface area contributed by atoms with Crippen LogP contribution < -0.4 is 5.32 Å². The van der Waals surface area contributed by atoms with Crippen LogP contribution in [0.25, 0.3) is 5.69 Å². The van der Waals surface area contributed by atoms with Crippen molar-refractivity contribution in [2.75, 3.05) is 5.32 Å². The van der Waals surface area contributed by atoms with Gasteiger partial charge in [0.15, 0.2) is 0 Å². The predicted molar refractivity (Wildman–Crippen MR) is 99.9 cm³/mol. The lowest BCUT2D eigenvalue weighted by molar-refractivity contribution is 0.102. The third-order valence-electron chi connectivity index (χ3n) is 3.92. The molecule has 0 saturated carbocycles. The number of halogens is 1. The Labute approximate surface area is 159 Å². The van der Waals surface area contributed by atoms with Gasteiger partial charge in [0.05, 0.1) is 24.0 Å². The van der Waals surface area contributed by atoms with E-state index < -0.39 is 0 Å². The number of carbonyl (C=O) groups excluding carboxylic acids is 1. The average molecular weight is 380 g/mol. The minimum absolute atomic E-state index is 0.240. The number of tetrazole rings is 1. The van der Waals surface area contributed by atoms with E-state index in [1.54, 1.807) is 23.0 Å². The smallest absolute Gasteiger partial charge is 0.258 e. The van der Waals surface area contributed by atoms with Gasteiger partial charge in [-0.25, -0.2) is 4.68 Å². The third-order valence-corrected chi connectivity index (χ3v) is 4.29. The molecule has 1 N–H and O–H groups in total. The Hall–Kier alpha value is -3.52. The Bertz CT molecular complexity index is 1060. The van der Waals surface area contributed by atoms with Crippen molar-refractivity contribution in [2.45, 2.75) is 6.54 Å². The van der Waals surface area contributed by atoms with Crippen LogP contribution in [-0.4, -0.2) is 35.9 Å². The number of benzene rings is 2. The summed E-state index contributed by atoms with van der Waals surface area (Å²) in [6.45, 7) is 0.494. The monoisotopic (exact) mass is 379 g/mol. The summed E-state index contributed by atoms with van der Waals surface area (Å²) in [6, 6.07) is 14.7. The summed E-state index contributed by atoms with van der Waals surface area (Å²) >= 11 is 6.17. The van der Waals surface area contributed by atoms with Gasteiger partial charge in [0, 0.05) is 16.9 Å². The van der Waals surface area contributed by atoms with Crippen molar-refractivity contribution in [1.82, 2.24) is 30.0 Å². The van der Waals surface area contributed by atoms with Crippen LogP contribution >= 0.6 is 11.6 Å². The molecular weight excluding hydrogens is 366 g/mol. The second-order valence-corrected chi connectivity index (χ2v) is 6.18. The standard InChI is InChI=1S/C18H14ClN7O/c19-17-4-2-1-3-13(17)10-25-11-14(9-21-25)18(27)22-15-5-7-16(8-6-15)26-12-20-23-24-26/h1-9,11-12H,10H2,(H,22,27). The predicted octanol–water partition coefficient (Wildman–Crippen LogP) is 2.81. The number of aromatic nitrogens is 6. The summed E-state index contributed by atoms with van der Waals surface area (Å²) < 4.78 is 3.21. The molecule has 0 atom stereocenters. The zero-order valence-corrected chi connectivity index (χ0v) is 14.8. The number of hydrogen-bond donors (Lipinski definition) is 1. The van der Waals surface area contributed by atoms with E-state index in [-0.39, 0.29) is 5.91 Å². The van der Waals surface area contributed by atoms with Crippen molar-refractivity contribution in [3.05, 3.63) is 83.4 Å². The Kier molecular flexibility index (Phi) is 4.63. The highest BCUT2D eigenvalue weighted by Gasteiger charge is 2.10. The maximum atomic E-state index is 12.4. The van der Waals surface area contributed by atoms with Gasteiger partial charge in [0.1, 0.15) is 6.33 Å². The Morgan fingerprint density at radius 1 is 1.11 bits per heavy atom. The first kappa shape index (κ1) is 16.9. The van der Waals surface area contributed by atoms with Crippen molar-refractivity contribution >= 4 is 23.2 Å². The largest absolute Gasteiger partial charge is 0.322 e. The first-order valence-corrected chi connectivity index (χ1v) is 8.47. The molecule has 9 heteroatoms. The molecule has 0 radical (unpaired) electrons. The molecule has 0 unspecified atom stereocenters. The molecule has 8 nitrogen and oxygen atoms in total. The molecule has 4 aromatic rings. The Balaban J connectivity index is 1.43. The van der Waals surface area contributed by atoms with Gasteiger partial charge in [-0.3, -0.25) is 9.48 Å². The van der Waals surface area contributed by atoms with Crippen LogP contribution in [0.5, 0.6) is 0 Å². The van der Waals surface area contributed by atoms with E-state index in [0.717, 1.165) is 11.3 Å². The summed E-state index contributed by atoms with van der Waals surface area (Å²) in [7, 11) is 0. The molecule has 0 aliphatic rings. The van der Waals surface area contributed by atoms with Crippen molar-refractivity contribution in [3.63, 3.8) is 0 Å². The molecule has 0 fully saturated rings. The number of amides is 1. The quantitative estimate of drug-likeness (QED) is 0.575. The van der Waals surface area contributed by atoms with Gasteiger partial charge in [-0.15, -0.1) is 5.10 Å². The first-order chi connectivity index (χ1) is 13.2. The molecule has 1 amide bonds. The van der Waals surface area contributed by atoms with Gasteiger partial charge in [-0.05, 0) is 46.3 Å². The topological polar surface area (TPSA) is 90.5 Å². The normalized spacial score (nSPS) is 10.7. The van der Waals surface area contributed by atoms with Crippen LogP contribution in [0.3, 0.4) is 0 Å². The molecule has 0 bridgehead atoms. The zero-order chi connectivity index (χ0) is 18.6. The molecule has 27 heavy (non-hydrogen) atoms. The van der Waals surface area contributed by atoms with E-state index in [1.165, 1.54) is 17.2 Å².